The Balaban J connectivity index is 3.20. The number of nitrogens with zero attached hydrogens (tertiary/aromatic N) is 3. The summed E-state index contributed by atoms with van der Waals surface area (Å²) in [5.74, 6) is 0.209. The van der Waals surface area contributed by atoms with Gasteiger partial charge in [0.05, 0.1) is 10.2 Å². The number of rotatable bonds is 0. The van der Waals surface area contributed by atoms with E-state index in [1.54, 1.807) is 6.20 Å². The van der Waals surface area contributed by atoms with E-state index in [2.05, 4.69) is 25.9 Å². The van der Waals surface area contributed by atoms with Crippen LogP contribution in [0, 0.1) is 18.3 Å². The molecule has 0 aliphatic heterocycles. The molecule has 0 saturated carbocycles. The van der Waals surface area contributed by atoms with Gasteiger partial charge >= 0.3 is 0 Å². The lowest BCUT2D eigenvalue weighted by atomic mass is 10.4. The van der Waals surface area contributed by atoms with Crippen molar-refractivity contribution in [3.05, 3.63) is 22.2 Å². The van der Waals surface area contributed by atoms with E-state index < -0.39 is 0 Å². The Bertz CT molecular complexity index is 290. The zero-order valence-electron chi connectivity index (χ0n) is 5.30. The minimum Gasteiger partial charge on any atom is -0.226 e. The molecule has 3 nitrogen and oxygen atoms in total. The van der Waals surface area contributed by atoms with E-state index in [9.17, 15) is 0 Å². The van der Waals surface area contributed by atoms with E-state index in [-0.39, 0.29) is 5.82 Å². The SMILES string of the molecule is Cc1nc(C#N)ncc1Br. The van der Waals surface area contributed by atoms with Gasteiger partial charge < -0.3 is 0 Å². The van der Waals surface area contributed by atoms with E-state index in [0.717, 1.165) is 10.2 Å². The summed E-state index contributed by atoms with van der Waals surface area (Å²) < 4.78 is 0.825. The van der Waals surface area contributed by atoms with Gasteiger partial charge in [-0.1, -0.05) is 0 Å². The Morgan fingerprint density at radius 2 is 2.40 bits per heavy atom. The zero-order chi connectivity index (χ0) is 7.56. The number of aryl methyl sites for hydroxylation is 1. The fourth-order valence-corrected chi connectivity index (χ4v) is 0.697. The maximum Gasteiger partial charge on any atom is 0.232 e. The van der Waals surface area contributed by atoms with Crippen molar-refractivity contribution in [3.63, 3.8) is 0 Å². The van der Waals surface area contributed by atoms with E-state index >= 15 is 0 Å². The maximum atomic E-state index is 8.36. The van der Waals surface area contributed by atoms with Gasteiger partial charge in [0.2, 0.25) is 5.82 Å². The van der Waals surface area contributed by atoms with Crippen LogP contribution in [0.3, 0.4) is 0 Å². The highest BCUT2D eigenvalue weighted by Crippen LogP contribution is 2.10. The van der Waals surface area contributed by atoms with Crippen molar-refractivity contribution in [1.82, 2.24) is 9.97 Å². The Morgan fingerprint density at radius 3 is 2.90 bits per heavy atom. The van der Waals surface area contributed by atoms with Gasteiger partial charge in [-0.25, -0.2) is 9.97 Å². The molecule has 10 heavy (non-hydrogen) atoms. The molecule has 0 bridgehead atoms. The summed E-state index contributed by atoms with van der Waals surface area (Å²) in [5, 5.41) is 8.36. The molecule has 0 aliphatic rings. The van der Waals surface area contributed by atoms with Crippen LogP contribution in [0.1, 0.15) is 11.5 Å². The predicted octanol–water partition coefficient (Wildman–Crippen LogP) is 1.42. The Kier molecular flexibility index (Phi) is 1.97. The molecule has 0 saturated heterocycles. The minimum atomic E-state index is 0.209. The molecule has 0 amide bonds. The minimum absolute atomic E-state index is 0.209. The van der Waals surface area contributed by atoms with Gasteiger partial charge in [0.25, 0.3) is 0 Å². The van der Waals surface area contributed by atoms with Crippen molar-refractivity contribution in [2.24, 2.45) is 0 Å². The molecule has 1 rings (SSSR count). The molecule has 0 unspecified atom stereocenters. The average Bonchev–Trinajstić information content (AvgIpc) is 1.95. The van der Waals surface area contributed by atoms with Crippen LogP contribution in [-0.4, -0.2) is 9.97 Å². The molecule has 0 N–H and O–H groups in total. The fraction of sp³-hybridized carbons (Fsp3) is 0.167. The van der Waals surface area contributed by atoms with Gasteiger partial charge in [-0.05, 0) is 22.9 Å². The lowest BCUT2D eigenvalue weighted by molar-refractivity contribution is 1.04. The smallest absolute Gasteiger partial charge is 0.226 e. The Morgan fingerprint density at radius 1 is 1.70 bits per heavy atom. The van der Waals surface area contributed by atoms with Crippen LogP contribution in [0.25, 0.3) is 0 Å². The highest BCUT2D eigenvalue weighted by Gasteiger charge is 1.97. The normalized spacial score (nSPS) is 8.90. The van der Waals surface area contributed by atoms with Gasteiger partial charge in [0.15, 0.2) is 0 Å². The van der Waals surface area contributed by atoms with Crippen molar-refractivity contribution in [2.45, 2.75) is 6.92 Å². The molecule has 0 aromatic carbocycles. The first-order valence-corrected chi connectivity index (χ1v) is 3.42. The maximum absolute atomic E-state index is 8.36. The van der Waals surface area contributed by atoms with Crippen LogP contribution in [0.2, 0.25) is 0 Å². The van der Waals surface area contributed by atoms with Crippen LogP contribution in [-0.2, 0) is 0 Å². The molecule has 0 radical (unpaired) electrons. The second kappa shape index (κ2) is 2.76. The first-order chi connectivity index (χ1) is 4.74. The summed E-state index contributed by atoms with van der Waals surface area (Å²) in [6, 6.07) is 1.85. The van der Waals surface area contributed by atoms with Gasteiger partial charge in [-0.15, -0.1) is 0 Å². The summed E-state index contributed by atoms with van der Waals surface area (Å²) in [5.41, 5.74) is 0.784. The highest BCUT2D eigenvalue weighted by atomic mass is 79.9. The summed E-state index contributed by atoms with van der Waals surface area (Å²) in [4.78, 5) is 7.61. The molecule has 0 atom stereocenters. The average molecular weight is 198 g/mol. The van der Waals surface area contributed by atoms with E-state index in [1.165, 1.54) is 0 Å². The first kappa shape index (κ1) is 7.16. The number of hydrogen-bond acceptors (Lipinski definition) is 3. The molecule has 0 spiro atoms. The second-order valence-corrected chi connectivity index (χ2v) is 2.59. The molecule has 1 aromatic heterocycles. The monoisotopic (exact) mass is 197 g/mol. The van der Waals surface area contributed by atoms with Gasteiger partial charge in [-0.2, -0.15) is 5.26 Å². The summed E-state index contributed by atoms with van der Waals surface area (Å²) in [6.07, 6.45) is 1.57. The zero-order valence-corrected chi connectivity index (χ0v) is 6.88. The lowest BCUT2D eigenvalue weighted by Gasteiger charge is -1.93. The van der Waals surface area contributed by atoms with Gasteiger partial charge in [0, 0.05) is 6.20 Å². The number of hydrogen-bond donors (Lipinski definition) is 0. The Labute approximate surface area is 66.9 Å². The molecule has 0 aliphatic carbocycles. The summed E-state index contributed by atoms with van der Waals surface area (Å²) >= 11 is 3.22. The largest absolute Gasteiger partial charge is 0.232 e. The van der Waals surface area contributed by atoms with Gasteiger partial charge in [0.1, 0.15) is 6.07 Å². The molecular weight excluding hydrogens is 194 g/mol. The highest BCUT2D eigenvalue weighted by molar-refractivity contribution is 9.10. The second-order valence-electron chi connectivity index (χ2n) is 1.74. The molecular formula is C6H4BrN3. The predicted molar refractivity (Wildman–Crippen MR) is 39.2 cm³/mol. The van der Waals surface area contributed by atoms with E-state index in [4.69, 9.17) is 5.26 Å². The molecule has 1 aromatic rings. The third kappa shape index (κ3) is 1.31. The van der Waals surface area contributed by atoms with E-state index in [1.807, 2.05) is 13.0 Å². The third-order valence-electron chi connectivity index (χ3n) is 1.02. The van der Waals surface area contributed by atoms with Crippen molar-refractivity contribution < 1.29 is 0 Å². The Hall–Kier alpha value is -0.950. The number of aromatic nitrogens is 2. The third-order valence-corrected chi connectivity index (χ3v) is 1.80. The van der Waals surface area contributed by atoms with Crippen LogP contribution in [0.4, 0.5) is 0 Å². The first-order valence-electron chi connectivity index (χ1n) is 2.63. The van der Waals surface area contributed by atoms with Gasteiger partial charge in [-0.3, -0.25) is 0 Å². The number of nitriles is 1. The van der Waals surface area contributed by atoms with Crippen LogP contribution < -0.4 is 0 Å². The van der Waals surface area contributed by atoms with Crippen molar-refractivity contribution in [3.8, 4) is 6.07 Å². The van der Waals surface area contributed by atoms with Crippen LogP contribution in [0.5, 0.6) is 0 Å². The fourth-order valence-electron chi connectivity index (χ4n) is 0.506. The summed E-state index contributed by atoms with van der Waals surface area (Å²) in [7, 11) is 0. The van der Waals surface area contributed by atoms with Crippen molar-refractivity contribution >= 4 is 15.9 Å². The lowest BCUT2D eigenvalue weighted by Crippen LogP contribution is -1.91. The standard InChI is InChI=1S/C6H4BrN3/c1-4-5(7)3-9-6(2-8)10-4/h3H,1H3. The van der Waals surface area contributed by atoms with E-state index in [0.29, 0.717) is 0 Å². The van der Waals surface area contributed by atoms with Crippen molar-refractivity contribution in [2.75, 3.05) is 0 Å². The quantitative estimate of drug-likeness (QED) is 0.633. The molecule has 1 heterocycles. The van der Waals surface area contributed by atoms with Crippen molar-refractivity contribution in [1.29, 1.82) is 5.26 Å². The molecule has 50 valence electrons. The summed E-state index contributed by atoms with van der Waals surface area (Å²) in [6.45, 7) is 1.81. The van der Waals surface area contributed by atoms with Crippen LogP contribution >= 0.6 is 15.9 Å². The molecule has 0 fully saturated rings. The van der Waals surface area contributed by atoms with Crippen LogP contribution in [0.15, 0.2) is 10.7 Å². The molecule has 4 heteroatoms. The topological polar surface area (TPSA) is 49.6 Å². The number of halogens is 1.